The number of hydrogen-bond acceptors (Lipinski definition) is 4. The smallest absolute Gasteiger partial charge is 0.355 e. The zero-order valence-electron chi connectivity index (χ0n) is 18.4. The van der Waals surface area contributed by atoms with E-state index in [1.54, 1.807) is 31.2 Å². The minimum absolute atomic E-state index is 0.0499. The fourth-order valence-corrected chi connectivity index (χ4v) is 3.94. The van der Waals surface area contributed by atoms with Crippen LogP contribution < -0.4 is 5.56 Å². The highest BCUT2D eigenvalue weighted by molar-refractivity contribution is 5.96. The van der Waals surface area contributed by atoms with Crippen molar-refractivity contribution in [1.29, 1.82) is 0 Å². The van der Waals surface area contributed by atoms with Crippen molar-refractivity contribution in [2.45, 2.75) is 40.0 Å². The van der Waals surface area contributed by atoms with Crippen LogP contribution in [0.3, 0.4) is 0 Å². The molecule has 2 heterocycles. The van der Waals surface area contributed by atoms with Crippen LogP contribution in [0.5, 0.6) is 0 Å². The first-order valence-electron chi connectivity index (χ1n) is 10.7. The highest BCUT2D eigenvalue weighted by Crippen LogP contribution is 2.29. The Morgan fingerprint density at radius 3 is 2.50 bits per heavy atom. The zero-order valence-corrected chi connectivity index (χ0v) is 18.4. The number of nitrogens with zero attached hydrogens (tertiary/aromatic N) is 2. The predicted molar refractivity (Wildman–Crippen MR) is 126 cm³/mol. The number of aromatic carboxylic acids is 1. The Balaban J connectivity index is 1.78. The molecule has 0 unspecified atom stereocenters. The molecule has 0 amide bonds. The van der Waals surface area contributed by atoms with Crippen LogP contribution in [0.2, 0.25) is 0 Å². The summed E-state index contributed by atoms with van der Waals surface area (Å²) in [5.74, 6) is -0.585. The van der Waals surface area contributed by atoms with Crippen molar-refractivity contribution in [3.05, 3.63) is 81.5 Å². The summed E-state index contributed by atoms with van der Waals surface area (Å²) in [6, 6.07) is 14.9. The van der Waals surface area contributed by atoms with Gasteiger partial charge >= 0.3 is 5.97 Å². The average molecular weight is 428 g/mol. The molecule has 0 aliphatic carbocycles. The number of unbranched alkanes of at least 4 members (excludes halogenated alkanes) is 1. The molecular weight excluding hydrogens is 402 g/mol. The first kappa shape index (κ1) is 21.4. The standard InChI is InChI=1S/C26H25N3O3/c1-4-5-6-17-7-8-19(13-15(17)2)22-12-10-20(24(29-22)26(31)32)18-9-11-23-21(14-18)25(30)28-16(3)27-23/h7-14H,4-6H2,1-3H3,(H,31,32)(H,27,28,30). The van der Waals surface area contributed by atoms with Gasteiger partial charge in [0.15, 0.2) is 5.69 Å². The van der Waals surface area contributed by atoms with Crippen molar-refractivity contribution in [3.63, 3.8) is 0 Å². The molecular formula is C26H25N3O3. The summed E-state index contributed by atoms with van der Waals surface area (Å²) in [6.07, 6.45) is 3.31. The van der Waals surface area contributed by atoms with Gasteiger partial charge in [0.1, 0.15) is 5.82 Å². The second-order valence-electron chi connectivity index (χ2n) is 8.03. The van der Waals surface area contributed by atoms with Crippen molar-refractivity contribution < 1.29 is 9.90 Å². The van der Waals surface area contributed by atoms with Crippen LogP contribution in [-0.2, 0) is 6.42 Å². The van der Waals surface area contributed by atoms with E-state index >= 15 is 0 Å². The van der Waals surface area contributed by atoms with E-state index in [1.165, 1.54) is 11.1 Å². The first-order valence-corrected chi connectivity index (χ1v) is 10.7. The van der Waals surface area contributed by atoms with Gasteiger partial charge in [0, 0.05) is 11.1 Å². The maximum absolute atomic E-state index is 12.3. The van der Waals surface area contributed by atoms with Gasteiger partial charge in [0.25, 0.3) is 5.56 Å². The maximum atomic E-state index is 12.3. The van der Waals surface area contributed by atoms with E-state index in [1.807, 2.05) is 12.1 Å². The average Bonchev–Trinajstić information content (AvgIpc) is 2.77. The minimum Gasteiger partial charge on any atom is -0.476 e. The number of fused-ring (bicyclic) bond motifs is 1. The highest BCUT2D eigenvalue weighted by atomic mass is 16.4. The molecule has 6 heteroatoms. The molecule has 0 radical (unpaired) electrons. The van der Waals surface area contributed by atoms with Crippen LogP contribution in [0.1, 0.15) is 47.2 Å². The van der Waals surface area contributed by atoms with E-state index in [2.05, 4.69) is 40.9 Å². The second kappa shape index (κ2) is 8.75. The summed E-state index contributed by atoms with van der Waals surface area (Å²) < 4.78 is 0. The monoisotopic (exact) mass is 427 g/mol. The summed E-state index contributed by atoms with van der Waals surface area (Å²) in [5, 5.41) is 10.3. The number of rotatable bonds is 6. The maximum Gasteiger partial charge on any atom is 0.355 e. The van der Waals surface area contributed by atoms with E-state index in [0.717, 1.165) is 24.8 Å². The Kier molecular flexibility index (Phi) is 5.86. The number of hydrogen-bond donors (Lipinski definition) is 2. The summed E-state index contributed by atoms with van der Waals surface area (Å²) in [4.78, 5) is 35.9. The molecule has 2 aromatic carbocycles. The number of H-pyrrole nitrogens is 1. The molecule has 4 aromatic rings. The van der Waals surface area contributed by atoms with E-state index in [0.29, 0.717) is 33.5 Å². The van der Waals surface area contributed by atoms with Gasteiger partial charge in [-0.2, -0.15) is 0 Å². The molecule has 0 aliphatic heterocycles. The molecule has 2 aromatic heterocycles. The Bertz CT molecular complexity index is 1390. The minimum atomic E-state index is -1.12. The van der Waals surface area contributed by atoms with Gasteiger partial charge in [-0.05, 0) is 73.7 Å². The lowest BCUT2D eigenvalue weighted by molar-refractivity contribution is 0.0691. The van der Waals surface area contributed by atoms with Gasteiger partial charge in [-0.1, -0.05) is 31.5 Å². The Labute approximate surface area is 186 Å². The number of aryl methyl sites for hydroxylation is 3. The quantitative estimate of drug-likeness (QED) is 0.435. The Hall–Kier alpha value is -3.80. The van der Waals surface area contributed by atoms with Gasteiger partial charge in [-0.25, -0.2) is 14.8 Å². The third-order valence-electron chi connectivity index (χ3n) is 5.67. The van der Waals surface area contributed by atoms with Gasteiger partial charge in [0.05, 0.1) is 16.6 Å². The van der Waals surface area contributed by atoms with Crippen LogP contribution in [-0.4, -0.2) is 26.0 Å². The van der Waals surface area contributed by atoms with E-state index < -0.39 is 5.97 Å². The third kappa shape index (κ3) is 4.17. The van der Waals surface area contributed by atoms with E-state index in [4.69, 9.17) is 0 Å². The fraction of sp³-hybridized carbons (Fsp3) is 0.231. The topological polar surface area (TPSA) is 95.9 Å². The number of aromatic amines is 1. The van der Waals surface area contributed by atoms with Crippen molar-refractivity contribution in [2.75, 3.05) is 0 Å². The lowest BCUT2D eigenvalue weighted by atomic mass is 9.97. The number of aromatic nitrogens is 3. The van der Waals surface area contributed by atoms with Crippen LogP contribution in [0.25, 0.3) is 33.3 Å². The molecule has 0 saturated carbocycles. The Morgan fingerprint density at radius 2 is 1.78 bits per heavy atom. The number of benzene rings is 2. The predicted octanol–water partition coefficient (Wildman–Crippen LogP) is 5.31. The number of carboxylic acid groups (broad SMARTS) is 1. The summed E-state index contributed by atoms with van der Waals surface area (Å²) in [5.41, 5.74) is 5.29. The molecule has 0 spiro atoms. The molecule has 0 saturated heterocycles. The van der Waals surface area contributed by atoms with Crippen LogP contribution >= 0.6 is 0 Å². The molecule has 0 atom stereocenters. The number of carbonyl (C=O) groups is 1. The fourth-order valence-electron chi connectivity index (χ4n) is 3.94. The van der Waals surface area contributed by atoms with Gasteiger partial charge < -0.3 is 10.1 Å². The van der Waals surface area contributed by atoms with Crippen molar-refractivity contribution >= 4 is 16.9 Å². The van der Waals surface area contributed by atoms with Crippen molar-refractivity contribution in [2.24, 2.45) is 0 Å². The second-order valence-corrected chi connectivity index (χ2v) is 8.03. The zero-order chi connectivity index (χ0) is 22.8. The summed E-state index contributed by atoms with van der Waals surface area (Å²) >= 11 is 0. The molecule has 32 heavy (non-hydrogen) atoms. The van der Waals surface area contributed by atoms with Gasteiger partial charge in [-0.15, -0.1) is 0 Å². The molecule has 6 nitrogen and oxygen atoms in total. The van der Waals surface area contributed by atoms with Gasteiger partial charge in [-0.3, -0.25) is 4.79 Å². The molecule has 162 valence electrons. The molecule has 0 aliphatic rings. The van der Waals surface area contributed by atoms with E-state index in [-0.39, 0.29) is 11.3 Å². The number of carboxylic acids is 1. The first-order chi connectivity index (χ1) is 15.4. The summed E-state index contributed by atoms with van der Waals surface area (Å²) in [7, 11) is 0. The molecule has 2 N–H and O–H groups in total. The van der Waals surface area contributed by atoms with Gasteiger partial charge in [0.2, 0.25) is 0 Å². The SMILES string of the molecule is CCCCc1ccc(-c2ccc(-c3ccc4nc(C)[nH]c(=O)c4c3)c(C(=O)O)n2)cc1C. The molecule has 4 rings (SSSR count). The third-order valence-corrected chi connectivity index (χ3v) is 5.67. The summed E-state index contributed by atoms with van der Waals surface area (Å²) in [6.45, 7) is 5.97. The molecule has 0 fully saturated rings. The molecule has 0 bridgehead atoms. The lowest BCUT2D eigenvalue weighted by Crippen LogP contribution is -2.10. The number of pyridine rings is 1. The largest absolute Gasteiger partial charge is 0.476 e. The van der Waals surface area contributed by atoms with Crippen LogP contribution in [0, 0.1) is 13.8 Å². The van der Waals surface area contributed by atoms with Crippen LogP contribution in [0.15, 0.2) is 53.3 Å². The Morgan fingerprint density at radius 1 is 1.00 bits per heavy atom. The van der Waals surface area contributed by atoms with Crippen LogP contribution in [0.4, 0.5) is 0 Å². The van der Waals surface area contributed by atoms with Crippen molar-refractivity contribution in [1.82, 2.24) is 15.0 Å². The highest BCUT2D eigenvalue weighted by Gasteiger charge is 2.17. The van der Waals surface area contributed by atoms with E-state index in [9.17, 15) is 14.7 Å². The lowest BCUT2D eigenvalue weighted by Gasteiger charge is -2.11. The normalized spacial score (nSPS) is 11.1. The van der Waals surface area contributed by atoms with Crippen molar-refractivity contribution in [3.8, 4) is 22.4 Å². The number of nitrogens with one attached hydrogen (secondary N) is 1.